The molecule has 0 bridgehead atoms. The van der Waals surface area contributed by atoms with Crippen LogP contribution in [0.25, 0.3) is 0 Å². The van der Waals surface area contributed by atoms with Crippen molar-refractivity contribution in [1.29, 1.82) is 0 Å². The third kappa shape index (κ3) is 6.90. The van der Waals surface area contributed by atoms with Crippen LogP contribution in [0.1, 0.15) is 45.2 Å². The minimum absolute atomic E-state index is 0.0125. The molecule has 168 valence electrons. The summed E-state index contributed by atoms with van der Waals surface area (Å²) in [5.74, 6) is 2.05. The number of hydrogen-bond acceptors (Lipinski definition) is 4. The van der Waals surface area contributed by atoms with Gasteiger partial charge in [0, 0.05) is 32.2 Å². The number of carbonyl (C=O) groups excluding carboxylic acids is 1. The molecule has 30 heavy (non-hydrogen) atoms. The minimum Gasteiger partial charge on any atom is -0.497 e. The van der Waals surface area contributed by atoms with Crippen LogP contribution in [-0.2, 0) is 4.79 Å². The molecule has 1 saturated heterocycles. The molecule has 1 aliphatic rings. The highest BCUT2D eigenvalue weighted by molar-refractivity contribution is 5.86. The standard InChI is InChI=1S/C23H39N5O2/c1-23(2,3)26-20(29)16-28(6)22(24-4)25-15-18-9-8-14-27(5)21(18)17-10-12-19(30-7)13-11-17/h10-13,18,21H,8-9,14-16H2,1-7H3,(H,24,25)(H,26,29). The normalized spacial score (nSPS) is 20.6. The number of hydrogen-bond donors (Lipinski definition) is 2. The highest BCUT2D eigenvalue weighted by Gasteiger charge is 2.31. The largest absolute Gasteiger partial charge is 0.497 e. The van der Waals surface area contributed by atoms with E-state index in [9.17, 15) is 4.79 Å². The maximum atomic E-state index is 12.3. The van der Waals surface area contributed by atoms with Gasteiger partial charge in [0.05, 0.1) is 13.7 Å². The first-order valence-electron chi connectivity index (χ1n) is 10.7. The number of nitrogens with one attached hydrogen (secondary N) is 2. The van der Waals surface area contributed by atoms with Crippen LogP contribution in [0.15, 0.2) is 29.3 Å². The molecule has 0 saturated carbocycles. The number of guanidine groups is 1. The Balaban J connectivity index is 2.01. The number of likely N-dealkylation sites (N-methyl/N-ethyl adjacent to an activating group) is 1. The zero-order valence-electron chi connectivity index (χ0n) is 19.7. The van der Waals surface area contributed by atoms with Crippen LogP contribution in [-0.4, -0.2) is 75.1 Å². The first-order chi connectivity index (χ1) is 14.1. The lowest BCUT2D eigenvalue weighted by Crippen LogP contribution is -2.50. The molecule has 1 aromatic carbocycles. The molecule has 0 aromatic heterocycles. The third-order valence-electron chi connectivity index (χ3n) is 5.46. The van der Waals surface area contributed by atoms with E-state index in [0.29, 0.717) is 12.0 Å². The van der Waals surface area contributed by atoms with Crippen LogP contribution in [0.3, 0.4) is 0 Å². The van der Waals surface area contributed by atoms with Crippen LogP contribution in [0.4, 0.5) is 0 Å². The summed E-state index contributed by atoms with van der Waals surface area (Å²) in [6, 6.07) is 8.72. The summed E-state index contributed by atoms with van der Waals surface area (Å²) in [6.45, 7) is 8.11. The number of rotatable bonds is 6. The van der Waals surface area contributed by atoms with E-state index in [-0.39, 0.29) is 18.0 Å². The molecule has 1 aromatic rings. The molecule has 7 nitrogen and oxygen atoms in total. The zero-order valence-corrected chi connectivity index (χ0v) is 19.7. The molecule has 1 heterocycles. The molecular weight excluding hydrogens is 378 g/mol. The number of benzene rings is 1. The lowest BCUT2D eigenvalue weighted by atomic mass is 9.85. The van der Waals surface area contributed by atoms with Gasteiger partial charge in [0.2, 0.25) is 5.91 Å². The van der Waals surface area contributed by atoms with Crippen molar-refractivity contribution in [3.63, 3.8) is 0 Å². The molecule has 2 N–H and O–H groups in total. The number of carbonyl (C=O) groups is 1. The molecule has 0 radical (unpaired) electrons. The lowest BCUT2D eigenvalue weighted by Gasteiger charge is -2.40. The fourth-order valence-corrected chi connectivity index (χ4v) is 4.16. The summed E-state index contributed by atoms with van der Waals surface area (Å²) in [6.07, 6.45) is 2.33. The fourth-order valence-electron chi connectivity index (χ4n) is 4.16. The molecule has 2 unspecified atom stereocenters. The Hall–Kier alpha value is -2.28. The van der Waals surface area contributed by atoms with Gasteiger partial charge in [-0.1, -0.05) is 12.1 Å². The van der Waals surface area contributed by atoms with Gasteiger partial charge in [-0.05, 0) is 70.8 Å². The predicted molar refractivity (Wildman–Crippen MR) is 123 cm³/mol. The van der Waals surface area contributed by atoms with Gasteiger partial charge in [-0.3, -0.25) is 14.7 Å². The van der Waals surface area contributed by atoms with Gasteiger partial charge in [-0.15, -0.1) is 0 Å². The highest BCUT2D eigenvalue weighted by atomic mass is 16.5. The smallest absolute Gasteiger partial charge is 0.240 e. The molecule has 1 amide bonds. The van der Waals surface area contributed by atoms with Crippen molar-refractivity contribution in [2.45, 2.75) is 45.2 Å². The Bertz CT molecular complexity index is 711. The van der Waals surface area contributed by atoms with E-state index < -0.39 is 0 Å². The maximum Gasteiger partial charge on any atom is 0.240 e. The molecule has 2 atom stereocenters. The Labute approximate surface area is 181 Å². The van der Waals surface area contributed by atoms with Crippen LogP contribution in [0.2, 0.25) is 0 Å². The molecule has 0 aliphatic carbocycles. The van der Waals surface area contributed by atoms with Crippen molar-refractivity contribution in [1.82, 2.24) is 20.4 Å². The monoisotopic (exact) mass is 417 g/mol. The number of nitrogens with zero attached hydrogens (tertiary/aromatic N) is 3. The Morgan fingerprint density at radius 2 is 1.97 bits per heavy atom. The van der Waals surface area contributed by atoms with Crippen molar-refractivity contribution < 1.29 is 9.53 Å². The van der Waals surface area contributed by atoms with Crippen LogP contribution in [0.5, 0.6) is 5.75 Å². The van der Waals surface area contributed by atoms with Crippen LogP contribution < -0.4 is 15.4 Å². The number of ether oxygens (including phenoxy) is 1. The Kier molecular flexibility index (Phi) is 8.53. The van der Waals surface area contributed by atoms with Crippen LogP contribution >= 0.6 is 0 Å². The molecular formula is C23H39N5O2. The van der Waals surface area contributed by atoms with E-state index in [1.54, 1.807) is 14.2 Å². The van der Waals surface area contributed by atoms with Crippen molar-refractivity contribution in [3.05, 3.63) is 29.8 Å². The van der Waals surface area contributed by atoms with Crippen molar-refractivity contribution in [2.24, 2.45) is 10.9 Å². The first-order valence-corrected chi connectivity index (χ1v) is 10.7. The summed E-state index contributed by atoms with van der Waals surface area (Å²) >= 11 is 0. The van der Waals surface area contributed by atoms with Gasteiger partial charge < -0.3 is 20.3 Å². The summed E-state index contributed by atoms with van der Waals surface area (Å²) in [4.78, 5) is 21.0. The molecule has 7 heteroatoms. The van der Waals surface area contributed by atoms with E-state index in [1.165, 1.54) is 12.0 Å². The van der Waals surface area contributed by atoms with E-state index in [2.05, 4.69) is 39.7 Å². The van der Waals surface area contributed by atoms with Crippen molar-refractivity contribution in [2.75, 3.05) is 47.9 Å². The number of amides is 1. The fraction of sp³-hybridized carbons (Fsp3) is 0.652. The molecule has 2 rings (SSSR count). The van der Waals surface area contributed by atoms with Gasteiger partial charge >= 0.3 is 0 Å². The van der Waals surface area contributed by atoms with Gasteiger partial charge in [-0.25, -0.2) is 0 Å². The van der Waals surface area contributed by atoms with Crippen molar-refractivity contribution >= 4 is 11.9 Å². The molecule has 0 spiro atoms. The van der Waals surface area contributed by atoms with E-state index >= 15 is 0 Å². The Morgan fingerprint density at radius 3 is 2.53 bits per heavy atom. The second-order valence-electron chi connectivity index (χ2n) is 9.18. The summed E-state index contributed by atoms with van der Waals surface area (Å²) in [5.41, 5.74) is 1.06. The quantitative estimate of drug-likeness (QED) is 0.550. The SMILES string of the molecule is CN=C(NCC1CCCN(C)C1c1ccc(OC)cc1)N(C)CC(=O)NC(C)(C)C. The number of likely N-dealkylation sites (tertiary alicyclic amines) is 1. The van der Waals surface area contributed by atoms with Crippen molar-refractivity contribution in [3.8, 4) is 5.75 Å². The summed E-state index contributed by atoms with van der Waals surface area (Å²) < 4.78 is 5.31. The number of methoxy groups -OCH3 is 1. The van der Waals surface area contributed by atoms with E-state index in [0.717, 1.165) is 31.2 Å². The van der Waals surface area contributed by atoms with E-state index in [1.807, 2.05) is 44.9 Å². The van der Waals surface area contributed by atoms with Gasteiger partial charge in [0.1, 0.15) is 5.75 Å². The zero-order chi connectivity index (χ0) is 22.3. The first kappa shape index (κ1) is 24.0. The van der Waals surface area contributed by atoms with E-state index in [4.69, 9.17) is 4.74 Å². The third-order valence-corrected chi connectivity index (χ3v) is 5.46. The molecule has 1 fully saturated rings. The summed E-state index contributed by atoms with van der Waals surface area (Å²) in [7, 11) is 7.54. The number of piperidine rings is 1. The average Bonchev–Trinajstić information content (AvgIpc) is 2.67. The second kappa shape index (κ2) is 10.7. The lowest BCUT2D eigenvalue weighted by molar-refractivity contribution is -0.122. The Morgan fingerprint density at radius 1 is 1.30 bits per heavy atom. The van der Waals surface area contributed by atoms with Gasteiger partial charge in [0.25, 0.3) is 0 Å². The second-order valence-corrected chi connectivity index (χ2v) is 9.18. The maximum absolute atomic E-state index is 12.3. The van der Waals surface area contributed by atoms with Crippen LogP contribution in [0, 0.1) is 5.92 Å². The average molecular weight is 418 g/mol. The minimum atomic E-state index is -0.243. The highest BCUT2D eigenvalue weighted by Crippen LogP contribution is 2.35. The number of aliphatic imine (C=N–C) groups is 1. The summed E-state index contributed by atoms with van der Waals surface area (Å²) in [5, 5.41) is 6.49. The van der Waals surface area contributed by atoms with Gasteiger partial charge in [0.15, 0.2) is 5.96 Å². The topological polar surface area (TPSA) is 69.2 Å². The molecule has 1 aliphatic heterocycles. The van der Waals surface area contributed by atoms with Gasteiger partial charge in [-0.2, -0.15) is 0 Å². The predicted octanol–water partition coefficient (Wildman–Crippen LogP) is 2.50.